The van der Waals surface area contributed by atoms with Crippen LogP contribution in [0.3, 0.4) is 0 Å². The number of carbonyl (C=O) groups excluding carboxylic acids is 2. The predicted octanol–water partition coefficient (Wildman–Crippen LogP) is 5.11. The van der Waals surface area contributed by atoms with E-state index in [1.54, 1.807) is 60.0 Å². The van der Waals surface area contributed by atoms with Crippen molar-refractivity contribution in [1.82, 2.24) is 5.32 Å². The average Bonchev–Trinajstić information content (AvgIpc) is 3.19. The Morgan fingerprint density at radius 2 is 1.69 bits per heavy atom. The van der Waals surface area contributed by atoms with Gasteiger partial charge in [0.25, 0.3) is 5.91 Å². The molecule has 0 fully saturated rings. The molecule has 0 aliphatic heterocycles. The molecule has 7 heteroatoms. The zero-order valence-electron chi connectivity index (χ0n) is 13.4. The summed E-state index contributed by atoms with van der Waals surface area (Å²) in [6.07, 6.45) is -0.954. The number of benzene rings is 2. The van der Waals surface area contributed by atoms with Crippen molar-refractivity contribution in [3.05, 3.63) is 86.5 Å². The first-order chi connectivity index (χ1) is 12.5. The largest absolute Gasteiger partial charge is 0.359 e. The molecular weight excluding hydrogens is 391 g/mol. The zero-order valence-corrected chi connectivity index (χ0v) is 15.7. The molecule has 0 saturated carbocycles. The lowest BCUT2D eigenvalue weighted by molar-refractivity contribution is 0.0872. The first kappa shape index (κ1) is 18.5. The van der Waals surface area contributed by atoms with Crippen molar-refractivity contribution in [1.29, 1.82) is 0 Å². The van der Waals surface area contributed by atoms with Crippen molar-refractivity contribution in [2.45, 2.75) is 6.17 Å². The number of ketones is 1. The maximum atomic E-state index is 12.9. The fourth-order valence-corrected chi connectivity index (χ4v) is 3.22. The Morgan fingerprint density at radius 3 is 2.35 bits per heavy atom. The van der Waals surface area contributed by atoms with Gasteiger partial charge in [-0.05, 0) is 29.6 Å². The molecular formula is C19H14Cl2N2O2S. The van der Waals surface area contributed by atoms with E-state index in [1.165, 1.54) is 11.3 Å². The van der Waals surface area contributed by atoms with E-state index in [4.69, 9.17) is 23.2 Å². The predicted molar refractivity (Wildman–Crippen MR) is 106 cm³/mol. The Hall–Kier alpha value is -2.34. The molecule has 4 nitrogen and oxygen atoms in total. The number of anilines is 1. The fraction of sp³-hybridized carbons (Fsp3) is 0.0526. The average molecular weight is 405 g/mol. The van der Waals surface area contributed by atoms with E-state index in [2.05, 4.69) is 10.6 Å². The number of amides is 1. The summed E-state index contributed by atoms with van der Waals surface area (Å²) in [5, 5.41) is 8.32. The summed E-state index contributed by atoms with van der Waals surface area (Å²) < 4.78 is 0. The fourth-order valence-electron chi connectivity index (χ4n) is 2.30. The summed E-state index contributed by atoms with van der Waals surface area (Å²) in [5.74, 6) is -0.594. The minimum absolute atomic E-state index is 0.262. The van der Waals surface area contributed by atoms with Gasteiger partial charge in [-0.3, -0.25) is 9.59 Å². The Kier molecular flexibility index (Phi) is 5.93. The van der Waals surface area contributed by atoms with Gasteiger partial charge >= 0.3 is 0 Å². The van der Waals surface area contributed by atoms with Crippen LogP contribution < -0.4 is 10.6 Å². The molecule has 2 aromatic carbocycles. The molecule has 0 saturated heterocycles. The molecule has 0 bridgehead atoms. The second-order valence-corrected chi connectivity index (χ2v) is 7.15. The van der Waals surface area contributed by atoms with Gasteiger partial charge in [0.15, 0.2) is 6.17 Å². The third kappa shape index (κ3) is 4.43. The van der Waals surface area contributed by atoms with E-state index in [1.807, 2.05) is 6.07 Å². The Morgan fingerprint density at radius 1 is 0.923 bits per heavy atom. The van der Waals surface area contributed by atoms with Crippen LogP contribution in [0.1, 0.15) is 20.0 Å². The lowest BCUT2D eigenvalue weighted by atomic mass is 10.1. The van der Waals surface area contributed by atoms with Gasteiger partial charge in [-0.1, -0.05) is 59.6 Å². The number of halogens is 2. The van der Waals surface area contributed by atoms with Crippen LogP contribution in [-0.4, -0.2) is 17.9 Å². The molecule has 1 aromatic heterocycles. The van der Waals surface area contributed by atoms with Crippen LogP contribution in [0.15, 0.2) is 66.0 Å². The zero-order chi connectivity index (χ0) is 18.5. The van der Waals surface area contributed by atoms with Gasteiger partial charge in [0.2, 0.25) is 5.78 Å². The van der Waals surface area contributed by atoms with Crippen molar-refractivity contribution in [2.24, 2.45) is 0 Å². The van der Waals surface area contributed by atoms with Gasteiger partial charge in [-0.2, -0.15) is 0 Å². The molecule has 1 atom stereocenters. The SMILES string of the molecule is O=C(N[C@@H](Nc1ccc(Cl)c(Cl)c1)C(=O)c1ccccc1)c1cccs1. The van der Waals surface area contributed by atoms with Crippen LogP contribution in [-0.2, 0) is 0 Å². The summed E-state index contributed by atoms with van der Waals surface area (Å²) in [7, 11) is 0. The molecule has 3 rings (SSSR count). The van der Waals surface area contributed by atoms with Gasteiger partial charge in [-0.25, -0.2) is 0 Å². The molecule has 1 heterocycles. The highest BCUT2D eigenvalue weighted by molar-refractivity contribution is 7.12. The summed E-state index contributed by atoms with van der Waals surface area (Å²) in [6, 6.07) is 17.1. The first-order valence-electron chi connectivity index (χ1n) is 7.70. The lowest BCUT2D eigenvalue weighted by Crippen LogP contribution is -2.46. The maximum Gasteiger partial charge on any atom is 0.263 e. The van der Waals surface area contributed by atoms with Crippen molar-refractivity contribution in [2.75, 3.05) is 5.32 Å². The smallest absolute Gasteiger partial charge is 0.263 e. The number of hydrogen-bond acceptors (Lipinski definition) is 4. The lowest BCUT2D eigenvalue weighted by Gasteiger charge is -2.20. The molecule has 0 spiro atoms. The third-order valence-electron chi connectivity index (χ3n) is 3.57. The summed E-state index contributed by atoms with van der Waals surface area (Å²) >= 11 is 13.3. The minimum Gasteiger partial charge on any atom is -0.359 e. The molecule has 132 valence electrons. The number of nitrogens with one attached hydrogen (secondary N) is 2. The molecule has 3 aromatic rings. The first-order valence-corrected chi connectivity index (χ1v) is 9.33. The van der Waals surface area contributed by atoms with E-state index >= 15 is 0 Å². The standard InChI is InChI=1S/C19H14Cl2N2O2S/c20-14-9-8-13(11-15(14)21)22-18(17(24)12-5-2-1-3-6-12)23-19(25)16-7-4-10-26-16/h1-11,18,22H,(H,23,25)/t18-/m1/s1. The summed E-state index contributed by atoms with van der Waals surface area (Å²) in [5.41, 5.74) is 1.05. The Balaban J connectivity index is 1.86. The van der Waals surface area contributed by atoms with Crippen molar-refractivity contribution in [3.63, 3.8) is 0 Å². The third-order valence-corrected chi connectivity index (χ3v) is 5.18. The van der Waals surface area contributed by atoms with Crippen molar-refractivity contribution >= 4 is 51.9 Å². The molecule has 0 aliphatic rings. The van der Waals surface area contributed by atoms with Crippen LogP contribution in [0.2, 0.25) is 10.0 Å². The Labute approximate surface area is 164 Å². The van der Waals surface area contributed by atoms with E-state index in [0.29, 0.717) is 26.2 Å². The van der Waals surface area contributed by atoms with Gasteiger partial charge in [0, 0.05) is 11.3 Å². The highest BCUT2D eigenvalue weighted by Gasteiger charge is 2.23. The number of thiophene rings is 1. The van der Waals surface area contributed by atoms with Gasteiger partial charge in [0.1, 0.15) is 0 Å². The highest BCUT2D eigenvalue weighted by atomic mass is 35.5. The molecule has 0 aliphatic carbocycles. The van der Waals surface area contributed by atoms with E-state index in [9.17, 15) is 9.59 Å². The van der Waals surface area contributed by atoms with Crippen molar-refractivity contribution < 1.29 is 9.59 Å². The van der Waals surface area contributed by atoms with E-state index in [0.717, 1.165) is 0 Å². The summed E-state index contributed by atoms with van der Waals surface area (Å²) in [6.45, 7) is 0. The van der Waals surface area contributed by atoms with Crippen LogP contribution in [0, 0.1) is 0 Å². The minimum atomic E-state index is -0.954. The summed E-state index contributed by atoms with van der Waals surface area (Å²) in [4.78, 5) is 25.8. The molecule has 1 amide bonds. The molecule has 0 unspecified atom stereocenters. The number of hydrogen-bond donors (Lipinski definition) is 2. The molecule has 2 N–H and O–H groups in total. The number of carbonyl (C=O) groups is 2. The highest BCUT2D eigenvalue weighted by Crippen LogP contribution is 2.25. The topological polar surface area (TPSA) is 58.2 Å². The van der Waals surface area contributed by atoms with Gasteiger partial charge in [-0.15, -0.1) is 11.3 Å². The van der Waals surface area contributed by atoms with E-state index in [-0.39, 0.29) is 11.7 Å². The van der Waals surface area contributed by atoms with E-state index < -0.39 is 6.17 Å². The quantitative estimate of drug-likeness (QED) is 0.443. The monoisotopic (exact) mass is 404 g/mol. The van der Waals surface area contributed by atoms with Gasteiger partial charge < -0.3 is 10.6 Å². The second kappa shape index (κ2) is 8.36. The second-order valence-electron chi connectivity index (χ2n) is 5.39. The van der Waals surface area contributed by atoms with Crippen molar-refractivity contribution in [3.8, 4) is 0 Å². The molecule has 26 heavy (non-hydrogen) atoms. The molecule has 0 radical (unpaired) electrons. The van der Waals surface area contributed by atoms with Crippen LogP contribution in [0.5, 0.6) is 0 Å². The van der Waals surface area contributed by atoms with Crippen LogP contribution in [0.4, 0.5) is 5.69 Å². The maximum absolute atomic E-state index is 12.9. The number of Topliss-reactive ketones (excluding diaryl/α,β-unsaturated/α-hetero) is 1. The Bertz CT molecular complexity index is 915. The van der Waals surface area contributed by atoms with Crippen LogP contribution >= 0.6 is 34.5 Å². The normalized spacial score (nSPS) is 11.6. The van der Waals surface area contributed by atoms with Gasteiger partial charge in [0.05, 0.1) is 14.9 Å². The number of rotatable bonds is 6. The van der Waals surface area contributed by atoms with Crippen LogP contribution in [0.25, 0.3) is 0 Å².